The molecule has 2 N–H and O–H groups in total. The zero-order valence-corrected chi connectivity index (χ0v) is 13.7. The number of hydrogen-bond donors (Lipinski definition) is 1. The summed E-state index contributed by atoms with van der Waals surface area (Å²) in [7, 11) is 2.20. The fourth-order valence-corrected chi connectivity index (χ4v) is 3.23. The monoisotopic (exact) mass is 290 g/mol. The van der Waals surface area contributed by atoms with E-state index in [9.17, 15) is 0 Å². The maximum atomic E-state index is 6.06. The van der Waals surface area contributed by atoms with Crippen LogP contribution in [0.4, 0.5) is 0 Å². The predicted molar refractivity (Wildman–Crippen MR) is 88.4 cm³/mol. The summed E-state index contributed by atoms with van der Waals surface area (Å²) in [5.74, 6) is 0.700. The van der Waals surface area contributed by atoms with Crippen LogP contribution in [0.1, 0.15) is 43.9 Å². The molecule has 0 bridgehead atoms. The third-order valence-corrected chi connectivity index (χ3v) is 4.49. The zero-order valence-electron chi connectivity index (χ0n) is 13.7. The highest BCUT2D eigenvalue weighted by Gasteiger charge is 2.25. The molecule has 1 heterocycles. The molecule has 0 saturated carbocycles. The van der Waals surface area contributed by atoms with Crippen LogP contribution < -0.4 is 5.73 Å². The molecule has 1 fully saturated rings. The standard InChI is InChI=1S/C18H30N2O/c1-14(2)12-15-4-6-16(7-5-15)18(13-19)20(3)17-8-10-21-11-9-17/h4-7,14,17-18H,8-13,19H2,1-3H3. The van der Waals surface area contributed by atoms with Crippen molar-refractivity contribution in [3.05, 3.63) is 35.4 Å². The van der Waals surface area contributed by atoms with Crippen molar-refractivity contribution in [3.63, 3.8) is 0 Å². The number of nitrogens with zero attached hydrogens (tertiary/aromatic N) is 1. The van der Waals surface area contributed by atoms with Gasteiger partial charge < -0.3 is 10.5 Å². The summed E-state index contributed by atoms with van der Waals surface area (Å²) in [5, 5.41) is 0. The predicted octanol–water partition coefficient (Wildman–Crippen LogP) is 3.00. The maximum Gasteiger partial charge on any atom is 0.0480 e. The highest BCUT2D eigenvalue weighted by Crippen LogP contribution is 2.25. The first-order valence-electron chi connectivity index (χ1n) is 8.20. The smallest absolute Gasteiger partial charge is 0.0480 e. The highest BCUT2D eigenvalue weighted by molar-refractivity contribution is 5.26. The lowest BCUT2D eigenvalue weighted by Crippen LogP contribution is -2.41. The summed E-state index contributed by atoms with van der Waals surface area (Å²) in [4.78, 5) is 2.44. The van der Waals surface area contributed by atoms with Gasteiger partial charge in [0.05, 0.1) is 0 Å². The molecule has 0 aliphatic carbocycles. The molecule has 0 spiro atoms. The second kappa shape index (κ2) is 7.92. The molecule has 1 saturated heterocycles. The number of ether oxygens (including phenoxy) is 1. The molecule has 1 unspecified atom stereocenters. The van der Waals surface area contributed by atoms with E-state index in [0.29, 0.717) is 24.5 Å². The summed E-state index contributed by atoms with van der Waals surface area (Å²) in [6.45, 7) is 6.93. The number of rotatable bonds is 6. The Balaban J connectivity index is 2.05. The van der Waals surface area contributed by atoms with Crippen molar-refractivity contribution >= 4 is 0 Å². The molecule has 1 aromatic rings. The highest BCUT2D eigenvalue weighted by atomic mass is 16.5. The Morgan fingerprint density at radius 1 is 1.19 bits per heavy atom. The first-order chi connectivity index (χ1) is 10.1. The van der Waals surface area contributed by atoms with Crippen LogP contribution in [0, 0.1) is 5.92 Å². The van der Waals surface area contributed by atoms with E-state index < -0.39 is 0 Å². The van der Waals surface area contributed by atoms with Gasteiger partial charge in [0.25, 0.3) is 0 Å². The Morgan fingerprint density at radius 3 is 2.33 bits per heavy atom. The number of nitrogens with two attached hydrogens (primary N) is 1. The Morgan fingerprint density at radius 2 is 1.81 bits per heavy atom. The van der Waals surface area contributed by atoms with Crippen LogP contribution in [0.25, 0.3) is 0 Å². The van der Waals surface area contributed by atoms with Crippen LogP contribution in [0.5, 0.6) is 0 Å². The second-order valence-electron chi connectivity index (χ2n) is 6.60. The van der Waals surface area contributed by atoms with Crippen molar-refractivity contribution in [3.8, 4) is 0 Å². The molecule has 1 aliphatic rings. The van der Waals surface area contributed by atoms with E-state index >= 15 is 0 Å². The molecule has 3 heteroatoms. The third kappa shape index (κ3) is 4.53. The quantitative estimate of drug-likeness (QED) is 0.875. The van der Waals surface area contributed by atoms with Crippen molar-refractivity contribution in [2.24, 2.45) is 11.7 Å². The topological polar surface area (TPSA) is 38.5 Å². The normalized spacial score (nSPS) is 18.4. The van der Waals surface area contributed by atoms with Crippen LogP contribution in [-0.4, -0.2) is 37.7 Å². The van der Waals surface area contributed by atoms with E-state index in [1.54, 1.807) is 0 Å². The van der Waals surface area contributed by atoms with Crippen molar-refractivity contribution in [1.29, 1.82) is 0 Å². The second-order valence-corrected chi connectivity index (χ2v) is 6.60. The molecule has 0 aromatic heterocycles. The largest absolute Gasteiger partial charge is 0.381 e. The van der Waals surface area contributed by atoms with E-state index in [-0.39, 0.29) is 0 Å². The SMILES string of the molecule is CC(C)Cc1ccc(C(CN)N(C)C2CCOCC2)cc1. The summed E-state index contributed by atoms with van der Waals surface area (Å²) >= 11 is 0. The average molecular weight is 290 g/mol. The van der Waals surface area contributed by atoms with Gasteiger partial charge in [-0.05, 0) is 43.4 Å². The molecule has 2 rings (SSSR count). The molecular formula is C18H30N2O. The summed E-state index contributed by atoms with van der Waals surface area (Å²) in [6.07, 6.45) is 3.36. The number of hydrogen-bond acceptors (Lipinski definition) is 3. The number of likely N-dealkylation sites (N-methyl/N-ethyl adjacent to an activating group) is 1. The fourth-order valence-electron chi connectivity index (χ4n) is 3.23. The van der Waals surface area contributed by atoms with E-state index in [0.717, 1.165) is 32.5 Å². The molecule has 1 aromatic carbocycles. The van der Waals surface area contributed by atoms with Gasteiger partial charge in [0, 0.05) is 31.8 Å². The summed E-state index contributed by atoms with van der Waals surface area (Å²) < 4.78 is 5.46. The van der Waals surface area contributed by atoms with E-state index in [2.05, 4.69) is 50.1 Å². The van der Waals surface area contributed by atoms with Gasteiger partial charge in [0.2, 0.25) is 0 Å². The molecule has 3 nitrogen and oxygen atoms in total. The van der Waals surface area contributed by atoms with Gasteiger partial charge in [-0.3, -0.25) is 4.90 Å². The molecule has 0 radical (unpaired) electrons. The molecule has 0 amide bonds. The van der Waals surface area contributed by atoms with Crippen molar-refractivity contribution in [2.45, 2.75) is 45.2 Å². The minimum absolute atomic E-state index is 0.307. The zero-order chi connectivity index (χ0) is 15.2. The van der Waals surface area contributed by atoms with Gasteiger partial charge in [0.1, 0.15) is 0 Å². The fraction of sp³-hybridized carbons (Fsp3) is 0.667. The third-order valence-electron chi connectivity index (χ3n) is 4.49. The van der Waals surface area contributed by atoms with Gasteiger partial charge in [-0.1, -0.05) is 38.1 Å². The van der Waals surface area contributed by atoms with Crippen LogP contribution >= 0.6 is 0 Å². The van der Waals surface area contributed by atoms with Crippen LogP contribution in [-0.2, 0) is 11.2 Å². The van der Waals surface area contributed by atoms with Gasteiger partial charge in [-0.2, -0.15) is 0 Å². The van der Waals surface area contributed by atoms with Crippen molar-refractivity contribution in [2.75, 3.05) is 26.8 Å². The summed E-state index contributed by atoms with van der Waals surface area (Å²) in [6, 6.07) is 9.92. The molecular weight excluding hydrogens is 260 g/mol. The van der Waals surface area contributed by atoms with Crippen LogP contribution in [0.15, 0.2) is 24.3 Å². The minimum Gasteiger partial charge on any atom is -0.381 e. The first-order valence-corrected chi connectivity index (χ1v) is 8.20. The molecule has 1 aliphatic heterocycles. The van der Waals surface area contributed by atoms with Gasteiger partial charge >= 0.3 is 0 Å². The molecule has 21 heavy (non-hydrogen) atoms. The maximum absolute atomic E-state index is 6.06. The van der Waals surface area contributed by atoms with Gasteiger partial charge in [0.15, 0.2) is 0 Å². The first kappa shape index (κ1) is 16.5. The lowest BCUT2D eigenvalue weighted by atomic mass is 9.97. The van der Waals surface area contributed by atoms with Crippen molar-refractivity contribution in [1.82, 2.24) is 4.90 Å². The number of benzene rings is 1. The van der Waals surface area contributed by atoms with E-state index in [1.807, 2.05) is 0 Å². The Bertz CT molecular complexity index is 410. The lowest BCUT2D eigenvalue weighted by Gasteiger charge is -2.37. The van der Waals surface area contributed by atoms with Crippen LogP contribution in [0.3, 0.4) is 0 Å². The Labute approximate surface area is 129 Å². The Kier molecular flexibility index (Phi) is 6.22. The average Bonchev–Trinajstić information content (AvgIpc) is 2.50. The van der Waals surface area contributed by atoms with Crippen molar-refractivity contribution < 1.29 is 4.74 Å². The van der Waals surface area contributed by atoms with Crippen LogP contribution in [0.2, 0.25) is 0 Å². The Hall–Kier alpha value is -0.900. The molecule has 118 valence electrons. The lowest BCUT2D eigenvalue weighted by molar-refractivity contribution is 0.0294. The molecule has 1 atom stereocenters. The van der Waals surface area contributed by atoms with E-state index in [4.69, 9.17) is 10.5 Å². The van der Waals surface area contributed by atoms with Gasteiger partial charge in [-0.15, -0.1) is 0 Å². The van der Waals surface area contributed by atoms with E-state index in [1.165, 1.54) is 11.1 Å². The summed E-state index contributed by atoms with van der Waals surface area (Å²) in [5.41, 5.74) is 8.81. The van der Waals surface area contributed by atoms with Gasteiger partial charge in [-0.25, -0.2) is 0 Å². The minimum atomic E-state index is 0.307.